The van der Waals surface area contributed by atoms with Gasteiger partial charge in [-0.3, -0.25) is 4.79 Å². The minimum absolute atomic E-state index is 0.0392. The summed E-state index contributed by atoms with van der Waals surface area (Å²) >= 11 is 0. The average molecular weight is 608 g/mol. The van der Waals surface area contributed by atoms with E-state index in [0.717, 1.165) is 54.1 Å². The van der Waals surface area contributed by atoms with Crippen molar-refractivity contribution >= 4 is 17.4 Å². The number of aromatic nitrogens is 2. The summed E-state index contributed by atoms with van der Waals surface area (Å²) in [6.07, 6.45) is 7.28. The van der Waals surface area contributed by atoms with Crippen molar-refractivity contribution in [3.05, 3.63) is 53.5 Å². The Labute approximate surface area is 263 Å². The van der Waals surface area contributed by atoms with Crippen LogP contribution in [0.15, 0.2) is 30.9 Å². The van der Waals surface area contributed by atoms with Crippen molar-refractivity contribution in [2.75, 3.05) is 76.3 Å². The van der Waals surface area contributed by atoms with E-state index < -0.39 is 0 Å². The second-order valence-electron chi connectivity index (χ2n) is 11.6. The summed E-state index contributed by atoms with van der Waals surface area (Å²) in [7, 11) is 4.21. The summed E-state index contributed by atoms with van der Waals surface area (Å²) in [5.41, 5.74) is 3.82. The number of carbonyl (C=O) groups excluding carboxylic acids is 1. The van der Waals surface area contributed by atoms with Gasteiger partial charge in [0.15, 0.2) is 0 Å². The minimum Gasteiger partial charge on any atom is -0.464 e. The van der Waals surface area contributed by atoms with Crippen LogP contribution in [-0.4, -0.2) is 92.2 Å². The highest BCUT2D eigenvalue weighted by atomic mass is 19.1. The van der Waals surface area contributed by atoms with Crippen molar-refractivity contribution in [3.8, 4) is 12.1 Å². The maximum Gasteiger partial charge on any atom is 0.318 e. The molecule has 9 nitrogen and oxygen atoms in total. The summed E-state index contributed by atoms with van der Waals surface area (Å²) in [6.45, 7) is 16.0. The van der Waals surface area contributed by atoms with Gasteiger partial charge >= 0.3 is 6.01 Å². The number of nitrogens with zero attached hydrogens (tertiary/aromatic N) is 7. The molecule has 3 aliphatic rings. The van der Waals surface area contributed by atoms with E-state index in [9.17, 15) is 9.18 Å². The fourth-order valence-electron chi connectivity index (χ4n) is 5.93. The number of halogens is 1. The van der Waals surface area contributed by atoms with Crippen molar-refractivity contribution in [2.45, 2.75) is 59.3 Å². The maximum absolute atomic E-state index is 14.5. The topological polar surface area (TPSA) is 88.8 Å². The van der Waals surface area contributed by atoms with Crippen LogP contribution < -0.4 is 14.5 Å². The number of hydrogen-bond donors (Lipinski definition) is 0. The number of amides is 1. The summed E-state index contributed by atoms with van der Waals surface area (Å²) in [5.74, 6) is 1.07. The molecule has 0 spiro atoms. The zero-order valence-corrected chi connectivity index (χ0v) is 27.3. The fraction of sp³-hybridized carbons (Fsp3) is 0.588. The molecule has 2 saturated heterocycles. The number of rotatable bonds is 7. The van der Waals surface area contributed by atoms with E-state index in [1.807, 2.05) is 44.9 Å². The number of benzene rings is 1. The Bertz CT molecular complexity index is 1270. The molecule has 0 radical (unpaired) electrons. The van der Waals surface area contributed by atoms with Crippen LogP contribution in [0.25, 0.3) is 0 Å². The van der Waals surface area contributed by atoms with Gasteiger partial charge in [-0.15, -0.1) is 0 Å². The van der Waals surface area contributed by atoms with Gasteiger partial charge in [0.1, 0.15) is 11.6 Å². The number of likely N-dealkylation sites (tertiary alicyclic amines) is 1. The Kier molecular flexibility index (Phi) is 13.9. The third-order valence-corrected chi connectivity index (χ3v) is 8.33. The highest BCUT2D eigenvalue weighted by Crippen LogP contribution is 2.34. The van der Waals surface area contributed by atoms with Gasteiger partial charge in [0.05, 0.1) is 12.7 Å². The molecule has 1 atom stereocenters. The molecule has 44 heavy (non-hydrogen) atoms. The zero-order valence-electron chi connectivity index (χ0n) is 27.3. The third-order valence-electron chi connectivity index (χ3n) is 8.33. The lowest BCUT2D eigenvalue weighted by Crippen LogP contribution is -2.49. The Morgan fingerprint density at radius 1 is 1.14 bits per heavy atom. The number of hydrogen-bond acceptors (Lipinski definition) is 8. The molecule has 0 N–H and O–H groups in total. The molecule has 1 aromatic carbocycles. The standard InChI is InChI=1S/C26H34FN5O2.C5H11N.C3H5N/c1-5-24(33)31-12-14-32(15-13-31)25-20(18(3)28-26(29-25)34-6-2)11-10-19-16-21-22(27)8-7-9-23(21)30(4)17-19;1-6-4-2-3-5-6;1-2-3-4/h5,7-9,19H,1,6,10-17H2,2-4H3;2-5H2,1H3;2H2,1H3/t19-;;/m1../s1. The number of fused-ring (bicyclic) bond motifs is 1. The summed E-state index contributed by atoms with van der Waals surface area (Å²) in [5, 5.41) is 7.62. The average Bonchev–Trinajstić information content (AvgIpc) is 3.52. The highest BCUT2D eigenvalue weighted by Gasteiger charge is 2.27. The molecular weight excluding hydrogens is 557 g/mol. The van der Waals surface area contributed by atoms with Crippen LogP contribution in [0, 0.1) is 30.0 Å². The van der Waals surface area contributed by atoms with E-state index in [2.05, 4.69) is 33.3 Å². The van der Waals surface area contributed by atoms with Crippen LogP contribution in [-0.2, 0) is 17.6 Å². The smallest absolute Gasteiger partial charge is 0.318 e. The first-order valence-corrected chi connectivity index (χ1v) is 15.9. The molecular formula is C34H50FN7O2. The number of ether oxygens (including phenoxy) is 1. The number of anilines is 2. The molecule has 5 rings (SSSR count). The monoisotopic (exact) mass is 607 g/mol. The Morgan fingerprint density at radius 3 is 2.39 bits per heavy atom. The van der Waals surface area contributed by atoms with Crippen molar-refractivity contribution in [2.24, 2.45) is 5.92 Å². The van der Waals surface area contributed by atoms with Gasteiger partial charge < -0.3 is 24.3 Å². The first-order valence-electron chi connectivity index (χ1n) is 15.9. The van der Waals surface area contributed by atoms with Crippen molar-refractivity contribution in [3.63, 3.8) is 0 Å². The van der Waals surface area contributed by atoms with Gasteiger partial charge in [-0.1, -0.05) is 19.6 Å². The molecule has 10 heteroatoms. The predicted molar refractivity (Wildman–Crippen MR) is 175 cm³/mol. The van der Waals surface area contributed by atoms with Gasteiger partial charge in [-0.05, 0) is 90.2 Å². The Morgan fingerprint density at radius 2 is 1.82 bits per heavy atom. The van der Waals surface area contributed by atoms with Gasteiger partial charge in [-0.2, -0.15) is 10.2 Å². The predicted octanol–water partition coefficient (Wildman–Crippen LogP) is 5.03. The van der Waals surface area contributed by atoms with Crippen molar-refractivity contribution in [1.82, 2.24) is 19.8 Å². The number of piperazine rings is 1. The highest BCUT2D eigenvalue weighted by molar-refractivity contribution is 5.87. The first-order chi connectivity index (χ1) is 21.2. The summed E-state index contributed by atoms with van der Waals surface area (Å²) in [6, 6.07) is 7.64. The minimum atomic E-state index is -0.123. The SMILES string of the molecule is C=CC(=O)N1CCN(c2nc(OCC)nc(C)c2CC[C@@H]2Cc3c(F)cccc3N(C)C2)CC1.CCC#N.CN1CCCC1. The van der Waals surface area contributed by atoms with Crippen molar-refractivity contribution in [1.29, 1.82) is 5.26 Å². The Hall–Kier alpha value is -3.71. The molecule has 0 aliphatic carbocycles. The summed E-state index contributed by atoms with van der Waals surface area (Å²) in [4.78, 5) is 29.9. The fourth-order valence-corrected chi connectivity index (χ4v) is 5.93. The molecule has 3 aliphatic heterocycles. The lowest BCUT2D eigenvalue weighted by molar-refractivity contribution is -0.126. The van der Waals surface area contributed by atoms with E-state index in [1.54, 1.807) is 12.1 Å². The van der Waals surface area contributed by atoms with E-state index in [-0.39, 0.29) is 11.7 Å². The first kappa shape index (κ1) is 34.8. The van der Waals surface area contributed by atoms with E-state index in [0.29, 0.717) is 51.1 Å². The quantitative estimate of drug-likeness (QED) is 0.405. The van der Waals surface area contributed by atoms with E-state index in [1.165, 1.54) is 32.0 Å². The van der Waals surface area contributed by atoms with Gasteiger partial charge in [0, 0.05) is 68.7 Å². The molecule has 0 bridgehead atoms. The van der Waals surface area contributed by atoms with Crippen LogP contribution >= 0.6 is 0 Å². The molecule has 0 unspecified atom stereocenters. The second kappa shape index (κ2) is 17.6. The lowest BCUT2D eigenvalue weighted by Gasteiger charge is -2.36. The second-order valence-corrected chi connectivity index (χ2v) is 11.6. The van der Waals surface area contributed by atoms with Gasteiger partial charge in [-0.25, -0.2) is 9.37 Å². The van der Waals surface area contributed by atoms with Crippen LogP contribution in [0.3, 0.4) is 0 Å². The van der Waals surface area contributed by atoms with Crippen molar-refractivity contribution < 1.29 is 13.9 Å². The van der Waals surface area contributed by atoms with Gasteiger partial charge in [0.25, 0.3) is 0 Å². The molecule has 1 aromatic heterocycles. The molecule has 2 aromatic rings. The molecule has 240 valence electrons. The summed E-state index contributed by atoms with van der Waals surface area (Å²) < 4.78 is 20.1. The van der Waals surface area contributed by atoms with E-state index >= 15 is 0 Å². The number of aryl methyl sites for hydroxylation is 1. The molecule has 4 heterocycles. The molecule has 1 amide bonds. The zero-order chi connectivity index (χ0) is 32.1. The van der Waals surface area contributed by atoms with Crippen LogP contribution in [0.1, 0.15) is 56.4 Å². The lowest BCUT2D eigenvalue weighted by atomic mass is 9.88. The normalized spacial score (nSPS) is 17.8. The van der Waals surface area contributed by atoms with Crippen LogP contribution in [0.2, 0.25) is 0 Å². The van der Waals surface area contributed by atoms with Crippen LogP contribution in [0.4, 0.5) is 15.9 Å². The maximum atomic E-state index is 14.5. The number of nitriles is 1. The number of carbonyl (C=O) groups is 1. The molecule has 0 saturated carbocycles. The van der Waals surface area contributed by atoms with Gasteiger partial charge in [0.2, 0.25) is 5.91 Å². The third kappa shape index (κ3) is 9.65. The largest absolute Gasteiger partial charge is 0.464 e. The van der Waals surface area contributed by atoms with E-state index in [4.69, 9.17) is 15.0 Å². The molecule has 2 fully saturated rings. The van der Waals surface area contributed by atoms with Crippen LogP contribution in [0.5, 0.6) is 6.01 Å². The Balaban J connectivity index is 0.000000452.